The minimum atomic E-state index is -0.532. The molecular formula is C26H28N2O4. The number of carbonyl (C=O) groups excluding carboxylic acids is 2. The molecule has 32 heavy (non-hydrogen) atoms. The molecule has 0 atom stereocenters. The number of aliphatic hydroxyl groups excluding tert-OH is 1. The molecule has 2 amide bonds. The molecule has 0 aliphatic rings. The molecular weight excluding hydrogens is 404 g/mol. The largest absolute Gasteiger partial charge is 0.387 e. The van der Waals surface area contributed by atoms with Gasteiger partial charge in [0.25, 0.3) is 0 Å². The van der Waals surface area contributed by atoms with Crippen LogP contribution >= 0.6 is 0 Å². The maximum absolute atomic E-state index is 12.0. The normalized spacial score (nSPS) is 10.6. The Bertz CT molecular complexity index is 1010. The minimum absolute atomic E-state index is 0.00352. The van der Waals surface area contributed by atoms with E-state index in [-0.39, 0.29) is 12.5 Å². The summed E-state index contributed by atoms with van der Waals surface area (Å²) in [5, 5.41) is 14.2. The third kappa shape index (κ3) is 7.34. The molecule has 0 aromatic heterocycles. The van der Waals surface area contributed by atoms with Crippen LogP contribution in [0.1, 0.15) is 29.2 Å². The van der Waals surface area contributed by atoms with Gasteiger partial charge in [-0.3, -0.25) is 9.59 Å². The molecule has 3 aromatic rings. The number of hydrogen-bond acceptors (Lipinski definition) is 4. The van der Waals surface area contributed by atoms with Crippen molar-refractivity contribution in [1.82, 2.24) is 0 Å². The number of hydrogen-bond donors (Lipinski definition) is 3. The molecule has 6 nitrogen and oxygen atoms in total. The lowest BCUT2D eigenvalue weighted by Gasteiger charge is -2.08. The topological polar surface area (TPSA) is 87.7 Å². The van der Waals surface area contributed by atoms with Gasteiger partial charge in [0, 0.05) is 11.4 Å². The molecule has 0 spiro atoms. The lowest BCUT2D eigenvalue weighted by Crippen LogP contribution is -2.18. The highest BCUT2D eigenvalue weighted by Crippen LogP contribution is 2.15. The summed E-state index contributed by atoms with van der Waals surface area (Å²) in [7, 11) is 0. The average molecular weight is 433 g/mol. The highest BCUT2D eigenvalue weighted by atomic mass is 16.5. The molecule has 0 unspecified atom stereocenters. The SMILES string of the molecule is CCc1ccc(NC(=O)COCc2ccc(Cc3ccc(NC(=O)CO)cc3)cc2)cc1. The summed E-state index contributed by atoms with van der Waals surface area (Å²) in [5.74, 6) is -0.608. The second kappa shape index (κ2) is 11.8. The van der Waals surface area contributed by atoms with E-state index >= 15 is 0 Å². The van der Waals surface area contributed by atoms with Crippen molar-refractivity contribution in [2.75, 3.05) is 23.8 Å². The van der Waals surface area contributed by atoms with Crippen LogP contribution in [0, 0.1) is 0 Å². The molecule has 0 bridgehead atoms. The summed E-state index contributed by atoms with van der Waals surface area (Å²) in [6, 6.07) is 23.4. The van der Waals surface area contributed by atoms with Crippen molar-refractivity contribution in [2.45, 2.75) is 26.4 Å². The summed E-state index contributed by atoms with van der Waals surface area (Å²) < 4.78 is 5.55. The van der Waals surface area contributed by atoms with Gasteiger partial charge in [-0.2, -0.15) is 0 Å². The van der Waals surface area contributed by atoms with Gasteiger partial charge in [0.1, 0.15) is 13.2 Å². The second-order valence-electron chi connectivity index (χ2n) is 7.49. The number of amides is 2. The van der Waals surface area contributed by atoms with E-state index in [2.05, 4.69) is 17.6 Å². The van der Waals surface area contributed by atoms with E-state index in [1.165, 1.54) is 5.56 Å². The molecule has 3 N–H and O–H groups in total. The van der Waals surface area contributed by atoms with Crippen LogP contribution in [0.25, 0.3) is 0 Å². The van der Waals surface area contributed by atoms with Gasteiger partial charge in [-0.15, -0.1) is 0 Å². The van der Waals surface area contributed by atoms with Crippen molar-refractivity contribution >= 4 is 23.2 Å². The maximum Gasteiger partial charge on any atom is 0.250 e. The predicted octanol–water partition coefficient (Wildman–Crippen LogP) is 3.93. The van der Waals surface area contributed by atoms with Crippen LogP contribution < -0.4 is 10.6 Å². The second-order valence-corrected chi connectivity index (χ2v) is 7.49. The number of ether oxygens (including phenoxy) is 1. The quantitative estimate of drug-likeness (QED) is 0.453. The van der Waals surface area contributed by atoms with Crippen LogP contribution in [0.4, 0.5) is 11.4 Å². The molecule has 6 heteroatoms. The van der Waals surface area contributed by atoms with Gasteiger partial charge in [-0.05, 0) is 59.4 Å². The number of carbonyl (C=O) groups is 2. The molecule has 0 fully saturated rings. The first-order chi connectivity index (χ1) is 15.6. The Morgan fingerprint density at radius 2 is 1.19 bits per heavy atom. The first kappa shape index (κ1) is 23.2. The zero-order valence-electron chi connectivity index (χ0n) is 18.1. The van der Waals surface area contributed by atoms with Gasteiger partial charge in [-0.1, -0.05) is 55.5 Å². The fraction of sp³-hybridized carbons (Fsp3) is 0.231. The van der Waals surface area contributed by atoms with E-state index in [1.807, 2.05) is 72.8 Å². The highest BCUT2D eigenvalue weighted by molar-refractivity contribution is 5.92. The molecule has 0 radical (unpaired) electrons. The lowest BCUT2D eigenvalue weighted by atomic mass is 10.0. The Balaban J connectivity index is 1.42. The van der Waals surface area contributed by atoms with Crippen LogP contribution in [0.3, 0.4) is 0 Å². The predicted molar refractivity (Wildman–Crippen MR) is 126 cm³/mol. The van der Waals surface area contributed by atoms with Crippen molar-refractivity contribution in [3.8, 4) is 0 Å². The Morgan fingerprint density at radius 3 is 1.72 bits per heavy atom. The van der Waals surface area contributed by atoms with E-state index in [4.69, 9.17) is 9.84 Å². The van der Waals surface area contributed by atoms with E-state index in [0.29, 0.717) is 12.3 Å². The number of nitrogens with one attached hydrogen (secondary N) is 2. The molecule has 0 aliphatic carbocycles. The van der Waals surface area contributed by atoms with Crippen molar-refractivity contribution < 1.29 is 19.4 Å². The number of anilines is 2. The zero-order chi connectivity index (χ0) is 22.8. The van der Waals surface area contributed by atoms with Gasteiger partial charge >= 0.3 is 0 Å². The molecule has 0 saturated heterocycles. The van der Waals surface area contributed by atoms with Gasteiger partial charge in [0.15, 0.2) is 0 Å². The first-order valence-electron chi connectivity index (χ1n) is 10.6. The van der Waals surface area contributed by atoms with Gasteiger partial charge in [-0.25, -0.2) is 0 Å². The summed E-state index contributed by atoms with van der Waals surface area (Å²) in [4.78, 5) is 23.3. The summed E-state index contributed by atoms with van der Waals surface area (Å²) in [6.45, 7) is 1.92. The van der Waals surface area contributed by atoms with Crippen molar-refractivity contribution in [3.63, 3.8) is 0 Å². The Morgan fingerprint density at radius 1 is 0.719 bits per heavy atom. The molecule has 3 aromatic carbocycles. The molecule has 0 heterocycles. The van der Waals surface area contributed by atoms with Crippen LogP contribution in [0.15, 0.2) is 72.8 Å². The highest BCUT2D eigenvalue weighted by Gasteiger charge is 2.04. The molecule has 166 valence electrons. The van der Waals surface area contributed by atoms with Crippen molar-refractivity contribution in [3.05, 3.63) is 95.1 Å². The average Bonchev–Trinajstić information content (AvgIpc) is 2.82. The molecule has 0 saturated carbocycles. The zero-order valence-corrected chi connectivity index (χ0v) is 18.1. The van der Waals surface area contributed by atoms with Crippen molar-refractivity contribution in [1.29, 1.82) is 0 Å². The van der Waals surface area contributed by atoms with Crippen molar-refractivity contribution in [2.24, 2.45) is 0 Å². The Labute approximate surface area is 188 Å². The molecule has 3 rings (SSSR count). The minimum Gasteiger partial charge on any atom is -0.387 e. The maximum atomic E-state index is 12.0. The summed E-state index contributed by atoms with van der Waals surface area (Å²) >= 11 is 0. The van der Waals surface area contributed by atoms with Gasteiger partial charge < -0.3 is 20.5 Å². The number of rotatable bonds is 10. The first-order valence-corrected chi connectivity index (χ1v) is 10.6. The van der Waals surface area contributed by atoms with Gasteiger partial charge in [0.2, 0.25) is 11.8 Å². The number of aliphatic hydroxyl groups is 1. The third-order valence-corrected chi connectivity index (χ3v) is 4.96. The number of aryl methyl sites for hydroxylation is 1. The monoisotopic (exact) mass is 432 g/mol. The van der Waals surface area contributed by atoms with E-state index in [0.717, 1.165) is 35.2 Å². The van der Waals surface area contributed by atoms with Crippen LogP contribution in [0.2, 0.25) is 0 Å². The van der Waals surface area contributed by atoms with Gasteiger partial charge in [0.05, 0.1) is 6.61 Å². The third-order valence-electron chi connectivity index (χ3n) is 4.96. The van der Waals surface area contributed by atoms with Crippen LogP contribution in [-0.4, -0.2) is 30.1 Å². The molecule has 0 aliphatic heterocycles. The van der Waals surface area contributed by atoms with E-state index in [1.54, 1.807) is 0 Å². The van der Waals surface area contributed by atoms with Crippen LogP contribution in [0.5, 0.6) is 0 Å². The van der Waals surface area contributed by atoms with E-state index < -0.39 is 12.5 Å². The summed E-state index contributed by atoms with van der Waals surface area (Å²) in [6.07, 6.45) is 1.72. The summed E-state index contributed by atoms with van der Waals surface area (Å²) in [5.41, 5.74) is 5.90. The fourth-order valence-corrected chi connectivity index (χ4v) is 3.18. The Kier molecular flexibility index (Phi) is 8.54. The van der Waals surface area contributed by atoms with E-state index in [9.17, 15) is 9.59 Å². The smallest absolute Gasteiger partial charge is 0.250 e. The fourth-order valence-electron chi connectivity index (χ4n) is 3.18. The van der Waals surface area contributed by atoms with Crippen LogP contribution in [-0.2, 0) is 33.8 Å². The Hall–Kier alpha value is -3.48. The lowest BCUT2D eigenvalue weighted by molar-refractivity contribution is -0.121. The number of benzene rings is 3. The standard InChI is InChI=1S/C26H28N2O4/c1-2-19-7-11-24(12-8-19)28-26(31)18-32-17-22-5-3-20(4-6-22)15-21-9-13-23(14-10-21)27-25(30)16-29/h3-14,29H,2,15-18H2,1H3,(H,27,30)(H,28,31).